The van der Waals surface area contributed by atoms with Gasteiger partial charge in [-0.15, -0.1) is 0 Å². The van der Waals surface area contributed by atoms with E-state index in [-0.39, 0.29) is 5.25 Å². The van der Waals surface area contributed by atoms with Crippen LogP contribution in [0.1, 0.15) is 32.4 Å². The maximum atomic E-state index is 4.44. The molecule has 0 amide bonds. The van der Waals surface area contributed by atoms with Crippen molar-refractivity contribution < 1.29 is 0 Å². The fraction of sp³-hybridized carbons (Fsp3) is 0.583. The number of anilines is 1. The smallest absolute Gasteiger partial charge is 0.155 e. The molecule has 1 atom stereocenters. The molecule has 1 unspecified atom stereocenters. The third-order valence-electron chi connectivity index (χ3n) is 2.34. The molecule has 0 radical (unpaired) electrons. The Kier molecular flexibility index (Phi) is 5.97. The van der Waals surface area contributed by atoms with Gasteiger partial charge in [-0.05, 0) is 19.8 Å². The number of hydrogen-bond donors (Lipinski definition) is 2. The highest BCUT2D eigenvalue weighted by molar-refractivity contribution is 7.81. The molecule has 0 bridgehead atoms. The van der Waals surface area contributed by atoms with E-state index in [0.29, 0.717) is 0 Å². The summed E-state index contributed by atoms with van der Waals surface area (Å²) in [5, 5.41) is 3.43. The number of aliphatic imine (C=N–C) groups is 1. The summed E-state index contributed by atoms with van der Waals surface area (Å²) in [6, 6.07) is 0. The zero-order valence-electron chi connectivity index (χ0n) is 10.6. The highest BCUT2D eigenvalue weighted by atomic mass is 32.1. The molecule has 1 N–H and O–H groups in total. The molecule has 1 heterocycles. The Balaban J connectivity index is 2.90. The first kappa shape index (κ1) is 14.0. The van der Waals surface area contributed by atoms with Gasteiger partial charge in [0.25, 0.3) is 0 Å². The van der Waals surface area contributed by atoms with Crippen molar-refractivity contribution in [2.75, 3.05) is 11.9 Å². The van der Waals surface area contributed by atoms with Crippen LogP contribution in [0.5, 0.6) is 0 Å². The summed E-state index contributed by atoms with van der Waals surface area (Å²) in [7, 11) is 0. The molecule has 0 aliphatic carbocycles. The molecule has 1 rings (SSSR count). The highest BCUT2D eigenvalue weighted by Crippen LogP contribution is 2.24. The third-order valence-corrected chi connectivity index (χ3v) is 2.84. The molecule has 0 aliphatic rings. The van der Waals surface area contributed by atoms with Crippen LogP contribution in [0.2, 0.25) is 0 Å². The second-order valence-corrected chi connectivity index (χ2v) is 4.50. The molecule has 1 aromatic heterocycles. The minimum absolute atomic E-state index is 0.175. The monoisotopic (exact) mass is 252 g/mol. The summed E-state index contributed by atoms with van der Waals surface area (Å²) in [4.78, 5) is 12.8. The first-order valence-corrected chi connectivity index (χ1v) is 6.48. The third kappa shape index (κ3) is 4.34. The molecule has 5 heteroatoms. The quantitative estimate of drug-likeness (QED) is 0.604. The summed E-state index contributed by atoms with van der Waals surface area (Å²) in [6.07, 6.45) is 5.41. The molecule has 94 valence electrons. The van der Waals surface area contributed by atoms with Crippen LogP contribution in [0.25, 0.3) is 0 Å². The maximum absolute atomic E-state index is 4.44. The van der Waals surface area contributed by atoms with Crippen LogP contribution in [0.4, 0.5) is 11.5 Å². The van der Waals surface area contributed by atoms with Crippen LogP contribution in [-0.2, 0) is 0 Å². The molecule has 0 aliphatic heterocycles. The molecule has 0 aromatic carbocycles. The molecule has 4 nitrogen and oxygen atoms in total. The number of aromatic nitrogens is 2. The van der Waals surface area contributed by atoms with Crippen molar-refractivity contribution >= 4 is 30.3 Å². The lowest BCUT2D eigenvalue weighted by Crippen LogP contribution is -2.04. The van der Waals surface area contributed by atoms with Gasteiger partial charge in [-0.25, -0.2) is 9.97 Å². The van der Waals surface area contributed by atoms with Gasteiger partial charge in [0.2, 0.25) is 0 Å². The minimum Gasteiger partial charge on any atom is -0.368 e. The molecule has 17 heavy (non-hydrogen) atoms. The van der Waals surface area contributed by atoms with E-state index >= 15 is 0 Å². The van der Waals surface area contributed by atoms with Crippen molar-refractivity contribution in [3.05, 3.63) is 12.0 Å². The van der Waals surface area contributed by atoms with E-state index in [1.165, 1.54) is 0 Å². The Bertz CT molecular complexity index is 379. The Morgan fingerprint density at radius 2 is 2.24 bits per heavy atom. The van der Waals surface area contributed by atoms with Crippen molar-refractivity contribution in [3.63, 3.8) is 0 Å². The number of rotatable bonds is 6. The average Bonchev–Trinajstić information content (AvgIpc) is 2.34. The summed E-state index contributed by atoms with van der Waals surface area (Å²) < 4.78 is 0. The largest absolute Gasteiger partial charge is 0.368 e. The minimum atomic E-state index is 0.175. The number of thiol groups is 1. The molecular formula is C12H20N4S. The fourth-order valence-electron chi connectivity index (χ4n) is 1.26. The van der Waals surface area contributed by atoms with Gasteiger partial charge in [0.15, 0.2) is 5.82 Å². The second-order valence-electron chi connectivity index (χ2n) is 3.84. The summed E-state index contributed by atoms with van der Waals surface area (Å²) >= 11 is 4.39. The van der Waals surface area contributed by atoms with Crippen molar-refractivity contribution in [2.45, 2.75) is 38.9 Å². The normalized spacial score (nSPS) is 12.9. The maximum Gasteiger partial charge on any atom is 0.155 e. The topological polar surface area (TPSA) is 50.2 Å². The number of hydrogen-bond acceptors (Lipinski definition) is 5. The van der Waals surface area contributed by atoms with E-state index in [0.717, 1.165) is 36.6 Å². The number of nitrogens with zero attached hydrogens (tertiary/aromatic N) is 3. The molecule has 0 saturated carbocycles. The van der Waals surface area contributed by atoms with E-state index in [2.05, 4.69) is 46.8 Å². The zero-order valence-corrected chi connectivity index (χ0v) is 11.5. The summed E-state index contributed by atoms with van der Waals surface area (Å²) in [5.41, 5.74) is 1.69. The summed E-state index contributed by atoms with van der Waals surface area (Å²) in [5.74, 6) is 0.798. The van der Waals surface area contributed by atoms with Gasteiger partial charge in [-0.2, -0.15) is 12.6 Å². The van der Waals surface area contributed by atoms with Gasteiger partial charge >= 0.3 is 0 Å². The van der Waals surface area contributed by atoms with Gasteiger partial charge in [-0.1, -0.05) is 13.8 Å². The Labute approximate surface area is 108 Å². The van der Waals surface area contributed by atoms with E-state index in [1.807, 2.05) is 13.1 Å². The van der Waals surface area contributed by atoms with Crippen LogP contribution in [0.3, 0.4) is 0 Å². The van der Waals surface area contributed by atoms with Crippen molar-refractivity contribution in [1.29, 1.82) is 0 Å². The molecule has 0 fully saturated rings. The second kappa shape index (κ2) is 7.27. The van der Waals surface area contributed by atoms with E-state index in [4.69, 9.17) is 0 Å². The molecule has 1 aromatic rings. The fourth-order valence-corrected chi connectivity index (χ4v) is 1.33. The molecule has 0 saturated heterocycles. The van der Waals surface area contributed by atoms with E-state index in [9.17, 15) is 0 Å². The van der Waals surface area contributed by atoms with Gasteiger partial charge in [-0.3, -0.25) is 4.99 Å². The van der Waals surface area contributed by atoms with Gasteiger partial charge in [0.05, 0.1) is 5.69 Å². The molecular weight excluding hydrogens is 232 g/mol. The lowest BCUT2D eigenvalue weighted by Gasteiger charge is -2.08. The predicted molar refractivity (Wildman–Crippen MR) is 76.8 cm³/mol. The van der Waals surface area contributed by atoms with E-state index in [1.54, 1.807) is 6.33 Å². The number of aryl methyl sites for hydroxylation is 1. The molecule has 0 spiro atoms. The predicted octanol–water partition coefficient (Wildman–Crippen LogP) is 3.02. The van der Waals surface area contributed by atoms with Crippen LogP contribution >= 0.6 is 12.6 Å². The van der Waals surface area contributed by atoms with Crippen molar-refractivity contribution in [3.8, 4) is 0 Å². The Hall–Kier alpha value is -1.10. The van der Waals surface area contributed by atoms with E-state index < -0.39 is 0 Å². The number of nitrogens with one attached hydrogen (secondary N) is 1. The van der Waals surface area contributed by atoms with Crippen LogP contribution in [0.15, 0.2) is 11.3 Å². The Morgan fingerprint density at radius 3 is 2.88 bits per heavy atom. The van der Waals surface area contributed by atoms with Gasteiger partial charge in [0.1, 0.15) is 12.0 Å². The van der Waals surface area contributed by atoms with Crippen molar-refractivity contribution in [2.24, 2.45) is 4.99 Å². The van der Waals surface area contributed by atoms with Gasteiger partial charge < -0.3 is 5.32 Å². The highest BCUT2D eigenvalue weighted by Gasteiger charge is 2.06. The lowest BCUT2D eigenvalue weighted by molar-refractivity contribution is 0.959. The van der Waals surface area contributed by atoms with Gasteiger partial charge in [0, 0.05) is 18.0 Å². The standard InChI is InChI=1S/C12H20N4S/c1-4-6-13-12-11(9(3)15-8-16-12)14-7-10(17)5-2/h7-8,10,17H,4-6H2,1-3H3,(H,13,15,16). The van der Waals surface area contributed by atoms with Crippen LogP contribution in [0, 0.1) is 6.92 Å². The SMILES string of the molecule is CCCNc1ncnc(C)c1N=CC(S)CC. The zero-order chi connectivity index (χ0) is 12.7. The Morgan fingerprint density at radius 1 is 1.47 bits per heavy atom. The first-order chi connectivity index (χ1) is 8.19. The van der Waals surface area contributed by atoms with Crippen LogP contribution in [-0.4, -0.2) is 28.0 Å². The van der Waals surface area contributed by atoms with Crippen LogP contribution < -0.4 is 5.32 Å². The lowest BCUT2D eigenvalue weighted by atomic mass is 10.3. The first-order valence-electron chi connectivity index (χ1n) is 5.96. The average molecular weight is 252 g/mol. The summed E-state index contributed by atoms with van der Waals surface area (Å²) in [6.45, 7) is 7.01. The van der Waals surface area contributed by atoms with Crippen molar-refractivity contribution in [1.82, 2.24) is 9.97 Å².